The van der Waals surface area contributed by atoms with Gasteiger partial charge in [0.15, 0.2) is 6.10 Å². The summed E-state index contributed by atoms with van der Waals surface area (Å²) in [6, 6.07) is 5.95. The summed E-state index contributed by atoms with van der Waals surface area (Å²) in [7, 11) is 1.73. The van der Waals surface area contributed by atoms with Crippen LogP contribution in [-0.2, 0) is 4.79 Å². The largest absolute Gasteiger partial charge is 0.378 e. The first-order valence-electron chi connectivity index (χ1n) is 7.63. The Morgan fingerprint density at radius 2 is 2.00 bits per heavy atom. The molecule has 2 atom stereocenters. The van der Waals surface area contributed by atoms with Crippen LogP contribution >= 0.6 is 0 Å². The standard InChI is InChI=1S/C17H24N2O2/c1-17(2,3)11-7-8-19(10-11)12-5-6-13-14(9-12)18(4)16(21)15(13)20/h5-6,9,11,15,20H,7-8,10H2,1-4H3. The Hall–Kier alpha value is -1.55. The molecule has 2 unspecified atom stereocenters. The molecule has 1 aromatic carbocycles. The Bertz CT molecular complexity index is 577. The predicted molar refractivity (Wildman–Crippen MR) is 84.6 cm³/mol. The summed E-state index contributed by atoms with van der Waals surface area (Å²) >= 11 is 0. The number of amides is 1. The zero-order valence-electron chi connectivity index (χ0n) is 13.3. The van der Waals surface area contributed by atoms with Crippen LogP contribution in [0.1, 0.15) is 38.9 Å². The molecule has 2 heterocycles. The number of carbonyl (C=O) groups is 1. The normalized spacial score (nSPS) is 25.7. The number of likely N-dealkylation sites (N-methyl/N-ethyl adjacent to an activating group) is 1. The van der Waals surface area contributed by atoms with E-state index >= 15 is 0 Å². The minimum Gasteiger partial charge on any atom is -0.378 e. The van der Waals surface area contributed by atoms with Gasteiger partial charge >= 0.3 is 0 Å². The number of anilines is 2. The first kappa shape index (κ1) is 14.4. The first-order chi connectivity index (χ1) is 9.79. The van der Waals surface area contributed by atoms with Gasteiger partial charge in [-0.05, 0) is 29.9 Å². The minimum atomic E-state index is -1.00. The van der Waals surface area contributed by atoms with Crippen LogP contribution in [-0.4, -0.2) is 31.2 Å². The van der Waals surface area contributed by atoms with Crippen LogP contribution in [0.5, 0.6) is 0 Å². The van der Waals surface area contributed by atoms with Gasteiger partial charge in [-0.15, -0.1) is 0 Å². The van der Waals surface area contributed by atoms with E-state index in [1.807, 2.05) is 18.2 Å². The van der Waals surface area contributed by atoms with E-state index in [2.05, 4.69) is 25.7 Å². The fraction of sp³-hybridized carbons (Fsp3) is 0.588. The quantitative estimate of drug-likeness (QED) is 0.864. The van der Waals surface area contributed by atoms with Crippen molar-refractivity contribution in [3.8, 4) is 0 Å². The second-order valence-electron chi connectivity index (χ2n) is 7.34. The van der Waals surface area contributed by atoms with Gasteiger partial charge in [0.1, 0.15) is 0 Å². The van der Waals surface area contributed by atoms with Crippen LogP contribution in [0, 0.1) is 11.3 Å². The molecule has 2 aliphatic rings. The van der Waals surface area contributed by atoms with E-state index in [-0.39, 0.29) is 5.91 Å². The van der Waals surface area contributed by atoms with E-state index < -0.39 is 6.10 Å². The molecular formula is C17H24N2O2. The molecule has 0 aliphatic carbocycles. The molecule has 4 nitrogen and oxygen atoms in total. The Balaban J connectivity index is 1.85. The predicted octanol–water partition coefficient (Wildman–Crippen LogP) is 2.57. The smallest absolute Gasteiger partial charge is 0.260 e. The summed E-state index contributed by atoms with van der Waals surface area (Å²) in [5.41, 5.74) is 3.03. The van der Waals surface area contributed by atoms with Gasteiger partial charge in [-0.3, -0.25) is 4.79 Å². The highest BCUT2D eigenvalue weighted by Gasteiger charge is 2.35. The highest BCUT2D eigenvalue weighted by Crippen LogP contribution is 2.40. The van der Waals surface area contributed by atoms with E-state index in [9.17, 15) is 9.90 Å². The lowest BCUT2D eigenvalue weighted by atomic mass is 9.80. The molecule has 4 heteroatoms. The summed E-state index contributed by atoms with van der Waals surface area (Å²) in [6.45, 7) is 9.01. The third-order valence-electron chi connectivity index (χ3n) is 5.01. The van der Waals surface area contributed by atoms with Gasteiger partial charge in [-0.1, -0.05) is 26.8 Å². The van der Waals surface area contributed by atoms with Crippen molar-refractivity contribution >= 4 is 17.3 Å². The maximum Gasteiger partial charge on any atom is 0.260 e. The second-order valence-corrected chi connectivity index (χ2v) is 7.34. The zero-order valence-corrected chi connectivity index (χ0v) is 13.3. The molecule has 114 valence electrons. The summed E-state index contributed by atoms with van der Waals surface area (Å²) in [5.74, 6) is 0.451. The maximum atomic E-state index is 11.8. The molecule has 3 rings (SSSR count). The van der Waals surface area contributed by atoms with Crippen molar-refractivity contribution in [3.63, 3.8) is 0 Å². The molecule has 0 radical (unpaired) electrons. The Labute approximate surface area is 126 Å². The highest BCUT2D eigenvalue weighted by atomic mass is 16.3. The van der Waals surface area contributed by atoms with Crippen molar-refractivity contribution in [1.29, 1.82) is 0 Å². The molecule has 0 saturated carbocycles. The SMILES string of the molecule is CN1C(=O)C(O)c2ccc(N3CCC(C(C)(C)C)C3)cc21. The van der Waals surface area contributed by atoms with Crippen LogP contribution in [0.15, 0.2) is 18.2 Å². The molecule has 1 fully saturated rings. The summed E-state index contributed by atoms with van der Waals surface area (Å²) in [5, 5.41) is 9.92. The number of hydrogen-bond acceptors (Lipinski definition) is 3. The molecule has 1 amide bonds. The van der Waals surface area contributed by atoms with Crippen molar-refractivity contribution in [2.24, 2.45) is 11.3 Å². The molecule has 0 spiro atoms. The number of carbonyl (C=O) groups excluding carboxylic acids is 1. The van der Waals surface area contributed by atoms with E-state index in [4.69, 9.17) is 0 Å². The summed E-state index contributed by atoms with van der Waals surface area (Å²) < 4.78 is 0. The molecule has 0 bridgehead atoms. The number of hydrogen-bond donors (Lipinski definition) is 1. The maximum absolute atomic E-state index is 11.8. The van der Waals surface area contributed by atoms with E-state index in [1.165, 1.54) is 6.42 Å². The third-order valence-corrected chi connectivity index (χ3v) is 5.01. The number of aliphatic hydroxyl groups is 1. The highest BCUT2D eigenvalue weighted by molar-refractivity contribution is 6.03. The third kappa shape index (κ3) is 2.31. The van der Waals surface area contributed by atoms with Gasteiger partial charge in [0.05, 0.1) is 5.69 Å². The minimum absolute atomic E-state index is 0.240. The van der Waals surface area contributed by atoms with Crippen molar-refractivity contribution in [2.75, 3.05) is 29.9 Å². The first-order valence-corrected chi connectivity index (χ1v) is 7.63. The Morgan fingerprint density at radius 1 is 1.29 bits per heavy atom. The van der Waals surface area contributed by atoms with Gasteiger partial charge in [0.25, 0.3) is 5.91 Å². The fourth-order valence-electron chi connectivity index (χ4n) is 3.39. The van der Waals surface area contributed by atoms with Gasteiger partial charge in [-0.2, -0.15) is 0 Å². The van der Waals surface area contributed by atoms with Crippen LogP contribution in [0.3, 0.4) is 0 Å². The van der Waals surface area contributed by atoms with Crippen LogP contribution in [0.4, 0.5) is 11.4 Å². The van der Waals surface area contributed by atoms with Crippen LogP contribution in [0.2, 0.25) is 0 Å². The van der Waals surface area contributed by atoms with Crippen molar-refractivity contribution in [1.82, 2.24) is 0 Å². The van der Waals surface area contributed by atoms with E-state index in [1.54, 1.807) is 11.9 Å². The Morgan fingerprint density at radius 3 is 2.62 bits per heavy atom. The topological polar surface area (TPSA) is 43.8 Å². The van der Waals surface area contributed by atoms with Crippen LogP contribution in [0.25, 0.3) is 0 Å². The summed E-state index contributed by atoms with van der Waals surface area (Å²) in [4.78, 5) is 15.8. The molecule has 1 N–H and O–H groups in total. The van der Waals surface area contributed by atoms with Gasteiger partial charge < -0.3 is 14.9 Å². The zero-order chi connectivity index (χ0) is 15.4. The van der Waals surface area contributed by atoms with Crippen LogP contribution < -0.4 is 9.80 Å². The number of aliphatic hydroxyl groups excluding tert-OH is 1. The van der Waals surface area contributed by atoms with E-state index in [0.717, 1.165) is 30.0 Å². The lowest BCUT2D eigenvalue weighted by molar-refractivity contribution is -0.125. The number of benzene rings is 1. The fourth-order valence-corrected chi connectivity index (χ4v) is 3.39. The second kappa shape index (κ2) is 4.73. The van der Waals surface area contributed by atoms with Gasteiger partial charge in [-0.25, -0.2) is 0 Å². The lowest BCUT2D eigenvalue weighted by Crippen LogP contribution is -2.26. The number of fused-ring (bicyclic) bond motifs is 1. The molecule has 1 aromatic rings. The number of nitrogens with zero attached hydrogens (tertiary/aromatic N) is 2. The van der Waals surface area contributed by atoms with Gasteiger partial charge in [0, 0.05) is 31.4 Å². The monoisotopic (exact) mass is 288 g/mol. The van der Waals surface area contributed by atoms with E-state index in [0.29, 0.717) is 11.3 Å². The lowest BCUT2D eigenvalue weighted by Gasteiger charge is -2.27. The molecule has 1 saturated heterocycles. The molecule has 2 aliphatic heterocycles. The van der Waals surface area contributed by atoms with Gasteiger partial charge in [0.2, 0.25) is 0 Å². The molecule has 0 aromatic heterocycles. The Kier molecular flexibility index (Phi) is 3.24. The molecule has 21 heavy (non-hydrogen) atoms. The van der Waals surface area contributed by atoms with Crippen molar-refractivity contribution in [2.45, 2.75) is 33.3 Å². The average molecular weight is 288 g/mol. The average Bonchev–Trinajstić information content (AvgIpc) is 3.00. The summed E-state index contributed by atoms with van der Waals surface area (Å²) in [6.07, 6.45) is 0.206. The van der Waals surface area contributed by atoms with Crippen molar-refractivity contribution in [3.05, 3.63) is 23.8 Å². The number of rotatable bonds is 1. The molecular weight excluding hydrogens is 264 g/mol. The van der Waals surface area contributed by atoms with Crippen molar-refractivity contribution < 1.29 is 9.90 Å².